The lowest BCUT2D eigenvalue weighted by atomic mass is 10.1. The second kappa shape index (κ2) is 3.89. The van der Waals surface area contributed by atoms with Crippen molar-refractivity contribution < 1.29 is 0 Å². The topological polar surface area (TPSA) is 43.3 Å². The van der Waals surface area contributed by atoms with Gasteiger partial charge in [0.2, 0.25) is 0 Å². The minimum atomic E-state index is 0.745. The van der Waals surface area contributed by atoms with E-state index in [1.54, 1.807) is 0 Å². The summed E-state index contributed by atoms with van der Waals surface area (Å²) in [6.07, 6.45) is 3.95. The van der Waals surface area contributed by atoms with Crippen LogP contribution in [0.2, 0.25) is 0 Å². The van der Waals surface area contributed by atoms with Gasteiger partial charge in [-0.1, -0.05) is 34.1 Å². The van der Waals surface area contributed by atoms with Gasteiger partial charge < -0.3 is 10.1 Å². The summed E-state index contributed by atoms with van der Waals surface area (Å²) < 4.78 is 3.00. The molecule has 0 atom stereocenters. The summed E-state index contributed by atoms with van der Waals surface area (Å²) in [6, 6.07) is 11.7. The van der Waals surface area contributed by atoms with Crippen LogP contribution < -0.4 is 5.73 Å². The number of pyridine rings is 1. The van der Waals surface area contributed by atoms with Crippen LogP contribution in [0.5, 0.6) is 0 Å². The van der Waals surface area contributed by atoms with Crippen LogP contribution in [0.3, 0.4) is 0 Å². The van der Waals surface area contributed by atoms with Crippen molar-refractivity contribution in [2.75, 3.05) is 5.73 Å². The lowest BCUT2D eigenvalue weighted by Crippen LogP contribution is -1.88. The quantitative estimate of drug-likeness (QED) is 0.698. The Labute approximate surface area is 107 Å². The number of rotatable bonds is 1. The van der Waals surface area contributed by atoms with Crippen molar-refractivity contribution in [3.05, 3.63) is 53.3 Å². The molecular formula is C13H10BrN3. The second-order valence-corrected chi connectivity index (χ2v) is 4.74. The number of imidazole rings is 1. The van der Waals surface area contributed by atoms with E-state index in [2.05, 4.69) is 20.9 Å². The summed E-state index contributed by atoms with van der Waals surface area (Å²) in [7, 11) is 0. The Morgan fingerprint density at radius 2 is 2.00 bits per heavy atom. The van der Waals surface area contributed by atoms with E-state index in [9.17, 15) is 0 Å². The predicted molar refractivity (Wildman–Crippen MR) is 72.7 cm³/mol. The first kappa shape index (κ1) is 10.4. The van der Waals surface area contributed by atoms with Gasteiger partial charge in [-0.15, -0.1) is 0 Å². The summed E-state index contributed by atoms with van der Waals surface area (Å²) in [5.41, 5.74) is 9.45. The Balaban J connectivity index is 2.22. The molecule has 0 radical (unpaired) electrons. The normalized spacial score (nSPS) is 10.9. The number of para-hydroxylation sites is 1. The monoisotopic (exact) mass is 287 g/mol. The molecule has 0 bridgehead atoms. The van der Waals surface area contributed by atoms with E-state index in [-0.39, 0.29) is 0 Å². The lowest BCUT2D eigenvalue weighted by Gasteiger charge is -1.99. The van der Waals surface area contributed by atoms with Gasteiger partial charge >= 0.3 is 0 Å². The Morgan fingerprint density at radius 1 is 1.18 bits per heavy atom. The van der Waals surface area contributed by atoms with Gasteiger partial charge in [0.05, 0.1) is 5.69 Å². The minimum Gasteiger partial charge on any atom is -0.398 e. The van der Waals surface area contributed by atoms with Crippen molar-refractivity contribution in [2.24, 2.45) is 0 Å². The first-order valence-corrected chi connectivity index (χ1v) is 6.02. The smallest absolute Gasteiger partial charge is 0.138 e. The van der Waals surface area contributed by atoms with Gasteiger partial charge in [0.25, 0.3) is 0 Å². The molecule has 4 heteroatoms. The number of hydrogen-bond donors (Lipinski definition) is 1. The van der Waals surface area contributed by atoms with Gasteiger partial charge in [-0.25, -0.2) is 4.98 Å². The zero-order valence-corrected chi connectivity index (χ0v) is 10.6. The Morgan fingerprint density at radius 3 is 2.82 bits per heavy atom. The first-order chi connectivity index (χ1) is 8.24. The average Bonchev–Trinajstić information content (AvgIpc) is 2.72. The fourth-order valence-corrected chi connectivity index (χ4v) is 2.14. The number of nitrogens with two attached hydrogens (primary N) is 1. The van der Waals surface area contributed by atoms with Crippen LogP contribution in [-0.2, 0) is 0 Å². The summed E-state index contributed by atoms with van der Waals surface area (Å²) in [5, 5.41) is 0. The molecule has 2 aromatic heterocycles. The highest BCUT2D eigenvalue weighted by Crippen LogP contribution is 2.25. The Kier molecular flexibility index (Phi) is 2.37. The van der Waals surface area contributed by atoms with Gasteiger partial charge in [0.1, 0.15) is 5.65 Å². The summed E-state index contributed by atoms with van der Waals surface area (Å²) in [4.78, 5) is 4.56. The molecule has 84 valence electrons. The lowest BCUT2D eigenvalue weighted by molar-refractivity contribution is 1.18. The molecule has 3 rings (SSSR count). The van der Waals surface area contributed by atoms with Gasteiger partial charge in [-0.3, -0.25) is 0 Å². The minimum absolute atomic E-state index is 0.745. The molecule has 0 fully saturated rings. The van der Waals surface area contributed by atoms with E-state index in [1.807, 2.05) is 53.2 Å². The van der Waals surface area contributed by atoms with Crippen LogP contribution in [0.4, 0.5) is 5.69 Å². The molecule has 0 saturated carbocycles. The van der Waals surface area contributed by atoms with Crippen molar-refractivity contribution in [2.45, 2.75) is 0 Å². The third kappa shape index (κ3) is 1.80. The molecule has 0 saturated heterocycles. The number of aromatic nitrogens is 2. The first-order valence-electron chi connectivity index (χ1n) is 5.23. The molecule has 0 unspecified atom stereocenters. The third-order valence-electron chi connectivity index (χ3n) is 2.66. The maximum Gasteiger partial charge on any atom is 0.138 e. The number of benzene rings is 1. The molecule has 2 heterocycles. The van der Waals surface area contributed by atoms with Crippen molar-refractivity contribution >= 4 is 27.3 Å². The van der Waals surface area contributed by atoms with Crippen molar-refractivity contribution in [3.63, 3.8) is 0 Å². The van der Waals surface area contributed by atoms with E-state index >= 15 is 0 Å². The molecule has 3 nitrogen and oxygen atoms in total. The highest BCUT2D eigenvalue weighted by Gasteiger charge is 2.06. The largest absolute Gasteiger partial charge is 0.398 e. The molecular weight excluding hydrogens is 278 g/mol. The maximum absolute atomic E-state index is 5.95. The fourth-order valence-electron chi connectivity index (χ4n) is 1.82. The van der Waals surface area contributed by atoms with Gasteiger partial charge in [-0.2, -0.15) is 0 Å². The van der Waals surface area contributed by atoms with Crippen LogP contribution >= 0.6 is 15.9 Å². The predicted octanol–water partition coefficient (Wildman–Crippen LogP) is 3.35. The molecule has 0 spiro atoms. The number of nitrogens with zero attached hydrogens (tertiary/aromatic N) is 2. The van der Waals surface area contributed by atoms with Crippen LogP contribution in [0, 0.1) is 0 Å². The van der Waals surface area contributed by atoms with Crippen molar-refractivity contribution in [1.82, 2.24) is 9.38 Å². The number of hydrogen-bond acceptors (Lipinski definition) is 2. The number of fused-ring (bicyclic) bond motifs is 1. The SMILES string of the molecule is Nc1ccccc1-c1cn2ccc(Br)cc2n1. The summed E-state index contributed by atoms with van der Waals surface area (Å²) in [6.45, 7) is 0. The third-order valence-corrected chi connectivity index (χ3v) is 3.15. The second-order valence-electron chi connectivity index (χ2n) is 3.82. The highest BCUT2D eigenvalue weighted by molar-refractivity contribution is 9.10. The Bertz CT molecular complexity index is 688. The van der Waals surface area contributed by atoms with Crippen LogP contribution in [0.1, 0.15) is 0 Å². The molecule has 17 heavy (non-hydrogen) atoms. The number of halogens is 1. The molecule has 0 aliphatic heterocycles. The van der Waals surface area contributed by atoms with E-state index in [0.717, 1.165) is 27.1 Å². The molecule has 0 amide bonds. The number of anilines is 1. The van der Waals surface area contributed by atoms with Crippen molar-refractivity contribution in [1.29, 1.82) is 0 Å². The summed E-state index contributed by atoms with van der Waals surface area (Å²) >= 11 is 3.43. The summed E-state index contributed by atoms with van der Waals surface area (Å²) in [5.74, 6) is 0. The molecule has 0 aliphatic carbocycles. The van der Waals surface area contributed by atoms with Gasteiger partial charge in [-0.05, 0) is 18.2 Å². The fraction of sp³-hybridized carbons (Fsp3) is 0. The van der Waals surface area contributed by atoms with Crippen molar-refractivity contribution in [3.8, 4) is 11.3 Å². The standard InChI is InChI=1S/C13H10BrN3/c14-9-5-6-17-8-12(16-13(17)7-9)10-3-1-2-4-11(10)15/h1-8H,15H2. The Hall–Kier alpha value is -1.81. The highest BCUT2D eigenvalue weighted by atomic mass is 79.9. The zero-order chi connectivity index (χ0) is 11.8. The van der Waals surface area contributed by atoms with E-state index < -0.39 is 0 Å². The van der Waals surface area contributed by atoms with Crippen LogP contribution in [0.15, 0.2) is 53.3 Å². The van der Waals surface area contributed by atoms with E-state index in [0.29, 0.717) is 0 Å². The molecule has 2 N–H and O–H groups in total. The molecule has 1 aromatic carbocycles. The van der Waals surface area contributed by atoms with Gasteiger partial charge in [0.15, 0.2) is 0 Å². The van der Waals surface area contributed by atoms with Crippen LogP contribution in [0.25, 0.3) is 16.9 Å². The van der Waals surface area contributed by atoms with Gasteiger partial charge in [0, 0.05) is 28.1 Å². The van der Waals surface area contributed by atoms with E-state index in [1.165, 1.54) is 0 Å². The van der Waals surface area contributed by atoms with E-state index in [4.69, 9.17) is 5.73 Å². The molecule has 0 aliphatic rings. The maximum atomic E-state index is 5.95. The molecule has 3 aromatic rings. The zero-order valence-electron chi connectivity index (χ0n) is 8.97. The van der Waals surface area contributed by atoms with Crippen LogP contribution in [-0.4, -0.2) is 9.38 Å². The average molecular weight is 288 g/mol. The number of nitrogen functional groups attached to an aromatic ring is 1.